The largest absolute Gasteiger partial charge is 0.393 e. The molecule has 27 heavy (non-hydrogen) atoms. The monoisotopic (exact) mass is 383 g/mol. The Labute approximate surface area is 156 Å². The van der Waals surface area contributed by atoms with Crippen molar-refractivity contribution in [2.75, 3.05) is 31.5 Å². The molecule has 3 rings (SSSR count). The number of nitrogens with one attached hydrogen (secondary N) is 1. The molecule has 0 unspecified atom stereocenters. The molecule has 1 aromatic rings. The lowest BCUT2D eigenvalue weighted by Gasteiger charge is -2.38. The van der Waals surface area contributed by atoms with E-state index in [1.807, 2.05) is 18.2 Å². The lowest BCUT2D eigenvalue weighted by atomic mass is 9.92. The van der Waals surface area contributed by atoms with Crippen molar-refractivity contribution in [2.24, 2.45) is 11.8 Å². The lowest BCUT2D eigenvalue weighted by molar-refractivity contribution is -0.188. The number of urea groups is 1. The Hall–Kier alpha value is -2.25. The third kappa shape index (κ3) is 4.93. The van der Waals surface area contributed by atoms with Gasteiger partial charge in [-0.15, -0.1) is 0 Å². The van der Waals surface area contributed by atoms with E-state index in [4.69, 9.17) is 0 Å². The summed E-state index contributed by atoms with van der Waals surface area (Å²) in [5.41, 5.74) is 0.701. The molecule has 1 atom stereocenters. The van der Waals surface area contributed by atoms with Crippen LogP contribution in [0.1, 0.15) is 25.7 Å². The van der Waals surface area contributed by atoms with Gasteiger partial charge in [-0.05, 0) is 37.8 Å². The first-order valence-electron chi connectivity index (χ1n) is 9.31. The molecule has 0 aromatic heterocycles. The number of carbonyl (C=O) groups is 2. The van der Waals surface area contributed by atoms with Crippen LogP contribution in [0.4, 0.5) is 23.7 Å². The summed E-state index contributed by atoms with van der Waals surface area (Å²) < 4.78 is 38.9. The van der Waals surface area contributed by atoms with Crippen LogP contribution in [0.15, 0.2) is 30.3 Å². The molecule has 2 fully saturated rings. The van der Waals surface area contributed by atoms with Gasteiger partial charge in [0.25, 0.3) is 0 Å². The molecule has 8 heteroatoms. The fourth-order valence-corrected chi connectivity index (χ4v) is 3.76. The summed E-state index contributed by atoms with van der Waals surface area (Å²) in [6.07, 6.45) is -2.82. The zero-order chi connectivity index (χ0) is 19.4. The number of nitrogens with zero attached hydrogens (tertiary/aromatic N) is 2. The van der Waals surface area contributed by atoms with Crippen LogP contribution in [0.3, 0.4) is 0 Å². The number of hydrogen-bond acceptors (Lipinski definition) is 2. The SMILES string of the molecule is O=C(Nc1ccccc1)N1CCC(C(=O)N2CCC[C@@H](C(F)(F)F)C2)CC1. The van der Waals surface area contributed by atoms with Crippen molar-refractivity contribution in [1.82, 2.24) is 9.80 Å². The molecule has 0 spiro atoms. The number of hydrogen-bond donors (Lipinski definition) is 1. The third-order valence-electron chi connectivity index (χ3n) is 5.35. The van der Waals surface area contributed by atoms with Gasteiger partial charge < -0.3 is 15.1 Å². The molecule has 1 aromatic carbocycles. The molecular formula is C19H24F3N3O2. The van der Waals surface area contributed by atoms with Crippen LogP contribution in [0.5, 0.6) is 0 Å². The number of halogens is 3. The molecule has 0 aliphatic carbocycles. The summed E-state index contributed by atoms with van der Waals surface area (Å²) in [5.74, 6) is -1.93. The van der Waals surface area contributed by atoms with Gasteiger partial charge in [0.1, 0.15) is 0 Å². The molecule has 1 N–H and O–H groups in total. The van der Waals surface area contributed by atoms with Gasteiger partial charge in [0.05, 0.1) is 5.92 Å². The topological polar surface area (TPSA) is 52.7 Å². The van der Waals surface area contributed by atoms with E-state index in [0.717, 1.165) is 0 Å². The minimum atomic E-state index is -4.25. The Balaban J connectivity index is 1.50. The maximum atomic E-state index is 13.0. The number of rotatable bonds is 2. The van der Waals surface area contributed by atoms with Crippen molar-refractivity contribution in [2.45, 2.75) is 31.9 Å². The molecule has 0 saturated carbocycles. The zero-order valence-electron chi connectivity index (χ0n) is 15.0. The van der Waals surface area contributed by atoms with Gasteiger partial charge in [-0.2, -0.15) is 13.2 Å². The van der Waals surface area contributed by atoms with Crippen LogP contribution in [-0.4, -0.2) is 54.1 Å². The standard InChI is InChI=1S/C19H24F3N3O2/c20-19(21,22)15-5-4-10-25(13-15)17(26)14-8-11-24(12-9-14)18(27)23-16-6-2-1-3-7-16/h1-3,6-7,14-15H,4-5,8-13H2,(H,23,27)/t15-/m1/s1. The average Bonchev–Trinajstić information content (AvgIpc) is 2.68. The first kappa shape index (κ1) is 19.5. The summed E-state index contributed by atoms with van der Waals surface area (Å²) in [6.45, 7) is 0.994. The van der Waals surface area contributed by atoms with E-state index in [9.17, 15) is 22.8 Å². The van der Waals surface area contributed by atoms with Gasteiger partial charge in [0.2, 0.25) is 5.91 Å². The maximum Gasteiger partial charge on any atom is 0.393 e. The molecule has 0 radical (unpaired) electrons. The summed E-state index contributed by atoms with van der Waals surface area (Å²) >= 11 is 0. The Morgan fingerprint density at radius 2 is 1.63 bits per heavy atom. The highest BCUT2D eigenvalue weighted by Crippen LogP contribution is 2.34. The second-order valence-electron chi connectivity index (χ2n) is 7.22. The highest BCUT2D eigenvalue weighted by Gasteiger charge is 2.43. The van der Waals surface area contributed by atoms with E-state index in [0.29, 0.717) is 44.6 Å². The van der Waals surface area contributed by atoms with Crippen LogP contribution in [-0.2, 0) is 4.79 Å². The quantitative estimate of drug-likeness (QED) is 0.846. The van der Waals surface area contributed by atoms with Crippen LogP contribution < -0.4 is 5.32 Å². The van der Waals surface area contributed by atoms with Crippen molar-refractivity contribution in [3.63, 3.8) is 0 Å². The van der Waals surface area contributed by atoms with Gasteiger partial charge in [-0.25, -0.2) is 4.79 Å². The number of alkyl halides is 3. The van der Waals surface area contributed by atoms with Gasteiger partial charge in [-0.3, -0.25) is 4.79 Å². The second kappa shape index (κ2) is 8.19. The van der Waals surface area contributed by atoms with Crippen molar-refractivity contribution in [3.8, 4) is 0 Å². The number of likely N-dealkylation sites (tertiary alicyclic amines) is 2. The molecule has 2 heterocycles. The number of anilines is 1. The summed E-state index contributed by atoms with van der Waals surface area (Å²) in [4.78, 5) is 27.9. The Kier molecular flexibility index (Phi) is 5.92. The number of amides is 3. The Morgan fingerprint density at radius 1 is 0.963 bits per heavy atom. The first-order valence-corrected chi connectivity index (χ1v) is 9.31. The third-order valence-corrected chi connectivity index (χ3v) is 5.35. The molecule has 2 aliphatic rings. The fourth-order valence-electron chi connectivity index (χ4n) is 3.76. The van der Waals surface area contributed by atoms with E-state index in [2.05, 4.69) is 5.32 Å². The summed E-state index contributed by atoms with van der Waals surface area (Å²) in [6, 6.07) is 8.88. The predicted molar refractivity (Wildman–Crippen MR) is 95.1 cm³/mol. The Bertz CT molecular complexity index is 658. The van der Waals surface area contributed by atoms with Gasteiger partial charge in [0, 0.05) is 37.8 Å². The smallest absolute Gasteiger partial charge is 0.342 e. The molecule has 5 nitrogen and oxygen atoms in total. The average molecular weight is 383 g/mol. The number of benzene rings is 1. The second-order valence-corrected chi connectivity index (χ2v) is 7.22. The number of carbonyl (C=O) groups excluding carboxylic acids is 2. The van der Waals surface area contributed by atoms with Crippen LogP contribution in [0.2, 0.25) is 0 Å². The molecule has 148 valence electrons. The predicted octanol–water partition coefficient (Wildman–Crippen LogP) is 3.73. The Morgan fingerprint density at radius 3 is 2.26 bits per heavy atom. The first-order chi connectivity index (χ1) is 12.8. The molecule has 0 bridgehead atoms. The number of piperidine rings is 2. The molecule has 2 aliphatic heterocycles. The van der Waals surface area contributed by atoms with Crippen LogP contribution >= 0.6 is 0 Å². The van der Waals surface area contributed by atoms with Gasteiger partial charge >= 0.3 is 12.2 Å². The molecule has 2 saturated heterocycles. The normalized spacial score (nSPS) is 21.8. The van der Waals surface area contributed by atoms with Gasteiger partial charge in [0.15, 0.2) is 0 Å². The van der Waals surface area contributed by atoms with Crippen molar-refractivity contribution >= 4 is 17.6 Å². The van der Waals surface area contributed by atoms with E-state index in [1.165, 1.54) is 4.90 Å². The highest BCUT2D eigenvalue weighted by atomic mass is 19.4. The fraction of sp³-hybridized carbons (Fsp3) is 0.579. The summed E-state index contributed by atoms with van der Waals surface area (Å²) in [5, 5.41) is 2.81. The number of para-hydroxylation sites is 1. The van der Waals surface area contributed by atoms with Gasteiger partial charge in [-0.1, -0.05) is 18.2 Å². The van der Waals surface area contributed by atoms with E-state index in [1.54, 1.807) is 17.0 Å². The van der Waals surface area contributed by atoms with E-state index >= 15 is 0 Å². The van der Waals surface area contributed by atoms with Crippen molar-refractivity contribution in [3.05, 3.63) is 30.3 Å². The zero-order valence-corrected chi connectivity index (χ0v) is 15.0. The minimum Gasteiger partial charge on any atom is -0.342 e. The molecule has 3 amide bonds. The highest BCUT2D eigenvalue weighted by molar-refractivity contribution is 5.89. The van der Waals surface area contributed by atoms with Crippen molar-refractivity contribution in [1.29, 1.82) is 0 Å². The van der Waals surface area contributed by atoms with E-state index < -0.39 is 12.1 Å². The van der Waals surface area contributed by atoms with Crippen LogP contribution in [0.25, 0.3) is 0 Å². The van der Waals surface area contributed by atoms with Crippen molar-refractivity contribution < 1.29 is 22.8 Å². The molecular weight excluding hydrogens is 359 g/mol. The summed E-state index contributed by atoms with van der Waals surface area (Å²) in [7, 11) is 0. The lowest BCUT2D eigenvalue weighted by Crippen LogP contribution is -2.49. The van der Waals surface area contributed by atoms with E-state index in [-0.39, 0.29) is 30.8 Å². The minimum absolute atomic E-state index is 0.0887. The maximum absolute atomic E-state index is 13.0. The van der Waals surface area contributed by atoms with Crippen LogP contribution in [0, 0.1) is 11.8 Å².